The summed E-state index contributed by atoms with van der Waals surface area (Å²) in [5.41, 5.74) is 12.6. The fraction of sp³-hybridized carbons (Fsp3) is 0.257. The van der Waals surface area contributed by atoms with Crippen LogP contribution >= 0.6 is 0 Å². The molecule has 1 aromatic heterocycles. The molecule has 0 atom stereocenters. The van der Waals surface area contributed by atoms with Crippen molar-refractivity contribution >= 4 is 11.0 Å². The van der Waals surface area contributed by atoms with Gasteiger partial charge in [-0.25, -0.2) is 4.98 Å². The van der Waals surface area contributed by atoms with Gasteiger partial charge < -0.3 is 0 Å². The van der Waals surface area contributed by atoms with Gasteiger partial charge in [-0.3, -0.25) is 4.57 Å². The molecule has 38 heavy (non-hydrogen) atoms. The Morgan fingerprint density at radius 1 is 0.763 bits per heavy atom. The lowest BCUT2D eigenvalue weighted by Gasteiger charge is -2.23. The number of para-hydroxylation sites is 3. The van der Waals surface area contributed by atoms with Gasteiger partial charge in [0.05, 0.1) is 28.4 Å². The highest BCUT2D eigenvalue weighted by molar-refractivity contribution is 5.88. The summed E-state index contributed by atoms with van der Waals surface area (Å²) in [5.74, 6) is 1.69. The molecule has 6 rings (SSSR count). The van der Waals surface area contributed by atoms with Crippen molar-refractivity contribution in [2.24, 2.45) is 0 Å². The predicted molar refractivity (Wildman–Crippen MR) is 157 cm³/mol. The molecule has 0 radical (unpaired) electrons. The standard InChI is InChI=1S/C35H33N3/c1-21(2)25-10-9-11-26(22(3)4)33(25)38-32-13-8-7-12-31(32)37-34(38)24-15-17-30-28(19-24)27-18-23(20-36)14-16-29(27)35(30,5)6/h7-19,21-22H,1-6H3. The minimum atomic E-state index is -0.119. The van der Waals surface area contributed by atoms with Crippen LogP contribution in [0.3, 0.4) is 0 Å². The molecule has 3 nitrogen and oxygen atoms in total. The number of rotatable bonds is 4. The van der Waals surface area contributed by atoms with Gasteiger partial charge in [0.15, 0.2) is 0 Å². The molecule has 0 saturated heterocycles. The number of fused-ring (bicyclic) bond motifs is 4. The van der Waals surface area contributed by atoms with Crippen molar-refractivity contribution in [1.82, 2.24) is 9.55 Å². The Hall–Kier alpha value is -4.16. The predicted octanol–water partition coefficient (Wildman–Crippen LogP) is 9.12. The molecule has 4 aromatic carbocycles. The zero-order chi connectivity index (χ0) is 26.8. The van der Waals surface area contributed by atoms with Gasteiger partial charge in [-0.1, -0.05) is 90.1 Å². The zero-order valence-corrected chi connectivity index (χ0v) is 23.0. The van der Waals surface area contributed by atoms with Crippen LogP contribution < -0.4 is 0 Å². The first kappa shape index (κ1) is 24.2. The fourth-order valence-corrected chi connectivity index (χ4v) is 6.19. The van der Waals surface area contributed by atoms with Gasteiger partial charge in [-0.2, -0.15) is 5.26 Å². The summed E-state index contributed by atoms with van der Waals surface area (Å²) in [6.07, 6.45) is 0. The van der Waals surface area contributed by atoms with Crippen LogP contribution in [0.25, 0.3) is 39.2 Å². The summed E-state index contributed by atoms with van der Waals surface area (Å²) in [7, 11) is 0. The first-order valence-electron chi connectivity index (χ1n) is 13.5. The van der Waals surface area contributed by atoms with E-state index in [1.165, 1.54) is 33.5 Å². The maximum absolute atomic E-state index is 9.60. The molecule has 1 aliphatic rings. The Balaban J connectivity index is 1.67. The average molecular weight is 496 g/mol. The minimum absolute atomic E-state index is 0.119. The average Bonchev–Trinajstić information content (AvgIpc) is 3.40. The molecule has 0 fully saturated rings. The third-order valence-corrected chi connectivity index (χ3v) is 8.19. The van der Waals surface area contributed by atoms with E-state index in [1.807, 2.05) is 12.1 Å². The third kappa shape index (κ3) is 3.51. The monoisotopic (exact) mass is 495 g/mol. The number of aromatic nitrogens is 2. The van der Waals surface area contributed by atoms with Gasteiger partial charge in [-0.15, -0.1) is 0 Å². The number of imidazole rings is 1. The molecule has 0 N–H and O–H groups in total. The lowest BCUT2D eigenvalue weighted by Crippen LogP contribution is -2.14. The number of hydrogen-bond acceptors (Lipinski definition) is 2. The molecule has 0 bridgehead atoms. The second kappa shape index (κ2) is 8.71. The Kier molecular flexibility index (Phi) is 5.54. The van der Waals surface area contributed by atoms with Gasteiger partial charge in [0.25, 0.3) is 0 Å². The topological polar surface area (TPSA) is 41.6 Å². The molecular formula is C35H33N3. The number of nitrogens with zero attached hydrogens (tertiary/aromatic N) is 3. The normalized spacial score (nSPS) is 13.7. The molecule has 3 heteroatoms. The molecule has 188 valence electrons. The van der Waals surface area contributed by atoms with Gasteiger partial charge in [0.1, 0.15) is 5.82 Å². The minimum Gasteiger partial charge on any atom is -0.292 e. The molecule has 0 unspecified atom stereocenters. The van der Waals surface area contributed by atoms with Gasteiger partial charge in [-0.05, 0) is 75.5 Å². The molecule has 0 saturated carbocycles. The first-order valence-corrected chi connectivity index (χ1v) is 13.5. The van der Waals surface area contributed by atoms with Crippen LogP contribution in [-0.2, 0) is 5.41 Å². The van der Waals surface area contributed by atoms with Crippen molar-refractivity contribution < 1.29 is 0 Å². The van der Waals surface area contributed by atoms with Crippen LogP contribution in [0.1, 0.15) is 81.2 Å². The summed E-state index contributed by atoms with van der Waals surface area (Å²) < 4.78 is 2.38. The van der Waals surface area contributed by atoms with Gasteiger partial charge in [0.2, 0.25) is 0 Å². The molecule has 0 aliphatic heterocycles. The SMILES string of the molecule is CC(C)c1cccc(C(C)C)c1-n1c(-c2ccc3c(c2)-c2cc(C#N)ccc2C3(C)C)nc2ccccc21. The molecule has 0 spiro atoms. The molecule has 5 aromatic rings. The summed E-state index contributed by atoms with van der Waals surface area (Å²) in [4.78, 5) is 5.22. The number of hydrogen-bond donors (Lipinski definition) is 0. The molecule has 1 aliphatic carbocycles. The van der Waals surface area contributed by atoms with Crippen LogP contribution in [0, 0.1) is 11.3 Å². The zero-order valence-electron chi connectivity index (χ0n) is 23.0. The van der Waals surface area contributed by atoms with E-state index in [0.29, 0.717) is 17.4 Å². The maximum Gasteiger partial charge on any atom is 0.145 e. The van der Waals surface area contributed by atoms with Crippen molar-refractivity contribution in [2.45, 2.75) is 58.8 Å². The lowest BCUT2D eigenvalue weighted by molar-refractivity contribution is 0.660. The second-order valence-corrected chi connectivity index (χ2v) is 11.6. The highest BCUT2D eigenvalue weighted by Crippen LogP contribution is 2.50. The van der Waals surface area contributed by atoms with E-state index in [9.17, 15) is 5.26 Å². The van der Waals surface area contributed by atoms with Crippen LogP contribution in [-0.4, -0.2) is 9.55 Å². The van der Waals surface area contributed by atoms with Crippen molar-refractivity contribution in [2.75, 3.05) is 0 Å². The largest absolute Gasteiger partial charge is 0.292 e. The fourth-order valence-electron chi connectivity index (χ4n) is 6.19. The summed E-state index contributed by atoms with van der Waals surface area (Å²) >= 11 is 0. The van der Waals surface area contributed by atoms with Crippen LogP contribution in [0.4, 0.5) is 0 Å². The quantitative estimate of drug-likeness (QED) is 0.249. The highest BCUT2D eigenvalue weighted by Gasteiger charge is 2.36. The van der Waals surface area contributed by atoms with E-state index in [2.05, 4.69) is 119 Å². The molecular weight excluding hydrogens is 462 g/mol. The van der Waals surface area contributed by atoms with E-state index in [1.54, 1.807) is 0 Å². The van der Waals surface area contributed by atoms with E-state index in [-0.39, 0.29) is 5.41 Å². The summed E-state index contributed by atoms with van der Waals surface area (Å²) in [5, 5.41) is 9.60. The van der Waals surface area contributed by atoms with Crippen LogP contribution in [0.15, 0.2) is 78.9 Å². The molecule has 1 heterocycles. The van der Waals surface area contributed by atoms with Crippen molar-refractivity contribution in [1.29, 1.82) is 5.26 Å². The van der Waals surface area contributed by atoms with Gasteiger partial charge >= 0.3 is 0 Å². The van der Waals surface area contributed by atoms with Crippen LogP contribution in [0.2, 0.25) is 0 Å². The lowest BCUT2D eigenvalue weighted by atomic mass is 9.82. The van der Waals surface area contributed by atoms with Crippen LogP contribution in [0.5, 0.6) is 0 Å². The Bertz CT molecular complexity index is 1730. The van der Waals surface area contributed by atoms with E-state index in [0.717, 1.165) is 28.0 Å². The summed E-state index contributed by atoms with van der Waals surface area (Å²) in [6, 6.07) is 30.3. The van der Waals surface area contributed by atoms with E-state index >= 15 is 0 Å². The second-order valence-electron chi connectivity index (χ2n) is 11.6. The number of nitriles is 1. The highest BCUT2D eigenvalue weighted by atomic mass is 15.1. The van der Waals surface area contributed by atoms with Crippen molar-refractivity contribution in [3.05, 3.63) is 107 Å². The van der Waals surface area contributed by atoms with E-state index < -0.39 is 0 Å². The Morgan fingerprint density at radius 2 is 1.39 bits per heavy atom. The van der Waals surface area contributed by atoms with E-state index in [4.69, 9.17) is 4.98 Å². The number of benzene rings is 4. The summed E-state index contributed by atoms with van der Waals surface area (Å²) in [6.45, 7) is 13.6. The Labute approximate surface area is 225 Å². The van der Waals surface area contributed by atoms with Gasteiger partial charge in [0, 0.05) is 11.0 Å². The Morgan fingerprint density at radius 3 is 2.05 bits per heavy atom. The molecule has 0 amide bonds. The van der Waals surface area contributed by atoms with Crippen molar-refractivity contribution in [3.8, 4) is 34.3 Å². The van der Waals surface area contributed by atoms with Crippen molar-refractivity contribution in [3.63, 3.8) is 0 Å². The maximum atomic E-state index is 9.60. The smallest absolute Gasteiger partial charge is 0.145 e. The first-order chi connectivity index (χ1) is 18.2. The third-order valence-electron chi connectivity index (χ3n) is 8.19.